The highest BCUT2D eigenvalue weighted by atomic mass is 79.9. The van der Waals surface area contributed by atoms with Gasteiger partial charge in [0.2, 0.25) is 0 Å². The fourth-order valence-electron chi connectivity index (χ4n) is 1.65. The van der Waals surface area contributed by atoms with Crippen molar-refractivity contribution in [3.8, 4) is 11.4 Å². The van der Waals surface area contributed by atoms with Crippen LogP contribution in [0, 0.1) is 0 Å². The van der Waals surface area contributed by atoms with E-state index in [1.165, 1.54) is 0 Å². The predicted octanol–water partition coefficient (Wildman–Crippen LogP) is 5.54. The third-order valence-electron chi connectivity index (χ3n) is 2.45. The van der Waals surface area contributed by atoms with Gasteiger partial charge in [-0.3, -0.25) is 0 Å². The monoisotopic (exact) mass is 402 g/mol. The highest BCUT2D eigenvalue weighted by Gasteiger charge is 2.13. The highest BCUT2D eigenvalue weighted by molar-refractivity contribution is 9.12. The van der Waals surface area contributed by atoms with Crippen molar-refractivity contribution in [1.29, 1.82) is 0 Å². The normalized spacial score (nSPS) is 11.1. The molecular formula is C12H5Br2ClN2S. The predicted molar refractivity (Wildman–Crippen MR) is 83.3 cm³/mol. The summed E-state index contributed by atoms with van der Waals surface area (Å²) in [4.78, 5) is 8.90. The van der Waals surface area contributed by atoms with Crippen LogP contribution >= 0.6 is 54.8 Å². The SMILES string of the molecule is Clc1nc(-c2cc(Br)sc2Br)nc2ccccc12. The first-order chi connectivity index (χ1) is 8.65. The summed E-state index contributed by atoms with van der Waals surface area (Å²) >= 11 is 14.7. The largest absolute Gasteiger partial charge is 0.228 e. The standard InChI is InChI=1S/C12H5Br2ClN2S/c13-9-5-7(10(14)18-9)12-16-8-4-2-1-3-6(8)11(15)17-12/h1-5H. The van der Waals surface area contributed by atoms with E-state index in [2.05, 4.69) is 41.8 Å². The van der Waals surface area contributed by atoms with Crippen molar-refractivity contribution in [2.24, 2.45) is 0 Å². The average molecular weight is 405 g/mol. The minimum atomic E-state index is 0.477. The van der Waals surface area contributed by atoms with Crippen molar-refractivity contribution in [1.82, 2.24) is 9.97 Å². The van der Waals surface area contributed by atoms with Crippen molar-refractivity contribution in [3.63, 3.8) is 0 Å². The van der Waals surface area contributed by atoms with Crippen molar-refractivity contribution in [2.45, 2.75) is 0 Å². The van der Waals surface area contributed by atoms with E-state index in [9.17, 15) is 0 Å². The molecule has 0 aliphatic carbocycles. The molecule has 0 fully saturated rings. The summed E-state index contributed by atoms with van der Waals surface area (Å²) in [6.07, 6.45) is 0. The zero-order valence-corrected chi connectivity index (χ0v) is 13.6. The summed E-state index contributed by atoms with van der Waals surface area (Å²) < 4.78 is 2.01. The molecule has 0 atom stereocenters. The lowest BCUT2D eigenvalue weighted by atomic mass is 10.2. The maximum atomic E-state index is 6.20. The molecule has 0 saturated heterocycles. The molecule has 0 aliphatic rings. The number of thiophene rings is 1. The molecule has 3 rings (SSSR count). The van der Waals surface area contributed by atoms with Gasteiger partial charge in [0, 0.05) is 10.9 Å². The van der Waals surface area contributed by atoms with E-state index < -0.39 is 0 Å². The van der Waals surface area contributed by atoms with E-state index in [4.69, 9.17) is 11.6 Å². The zero-order valence-electron chi connectivity index (χ0n) is 8.82. The molecule has 0 amide bonds. The Hall–Kier alpha value is -0.490. The van der Waals surface area contributed by atoms with Gasteiger partial charge in [-0.15, -0.1) is 11.3 Å². The molecule has 2 nitrogen and oxygen atoms in total. The van der Waals surface area contributed by atoms with Crippen LogP contribution in [0.1, 0.15) is 0 Å². The lowest BCUT2D eigenvalue weighted by molar-refractivity contribution is 1.23. The number of hydrogen-bond acceptors (Lipinski definition) is 3. The summed E-state index contributed by atoms with van der Waals surface area (Å²) in [6, 6.07) is 9.69. The van der Waals surface area contributed by atoms with Gasteiger partial charge >= 0.3 is 0 Å². The molecule has 3 aromatic rings. The van der Waals surface area contributed by atoms with E-state index in [0.29, 0.717) is 11.0 Å². The van der Waals surface area contributed by atoms with E-state index in [1.807, 2.05) is 30.3 Å². The van der Waals surface area contributed by atoms with Gasteiger partial charge in [-0.25, -0.2) is 9.97 Å². The van der Waals surface area contributed by atoms with Crippen LogP contribution in [0.4, 0.5) is 0 Å². The maximum Gasteiger partial charge on any atom is 0.163 e. The Kier molecular flexibility index (Phi) is 3.40. The van der Waals surface area contributed by atoms with Crippen LogP contribution in [0.15, 0.2) is 37.9 Å². The molecule has 0 unspecified atom stereocenters. The van der Waals surface area contributed by atoms with Gasteiger partial charge in [0.25, 0.3) is 0 Å². The minimum Gasteiger partial charge on any atom is -0.228 e. The Morgan fingerprint density at radius 3 is 2.61 bits per heavy atom. The Balaban J connectivity index is 2.27. The summed E-state index contributed by atoms with van der Waals surface area (Å²) in [7, 11) is 0. The van der Waals surface area contributed by atoms with Crippen LogP contribution in [-0.4, -0.2) is 9.97 Å². The smallest absolute Gasteiger partial charge is 0.163 e. The number of nitrogens with zero attached hydrogens (tertiary/aromatic N) is 2. The van der Waals surface area contributed by atoms with Gasteiger partial charge in [0.05, 0.1) is 13.1 Å². The number of fused-ring (bicyclic) bond motifs is 1. The molecule has 2 heterocycles. The second-order valence-corrected chi connectivity index (χ2v) is 7.70. The summed E-state index contributed by atoms with van der Waals surface area (Å²) in [5.41, 5.74) is 1.79. The Bertz CT molecular complexity index is 742. The second-order valence-electron chi connectivity index (χ2n) is 3.59. The lowest BCUT2D eigenvalue weighted by Gasteiger charge is -2.03. The van der Waals surface area contributed by atoms with Crippen LogP contribution < -0.4 is 0 Å². The molecule has 6 heteroatoms. The number of hydrogen-bond donors (Lipinski definition) is 0. The number of benzene rings is 1. The highest BCUT2D eigenvalue weighted by Crippen LogP contribution is 2.38. The lowest BCUT2D eigenvalue weighted by Crippen LogP contribution is -1.90. The zero-order chi connectivity index (χ0) is 12.7. The molecule has 0 aliphatic heterocycles. The van der Waals surface area contributed by atoms with Crippen LogP contribution in [0.5, 0.6) is 0 Å². The fourth-order valence-corrected chi connectivity index (χ4v) is 4.68. The molecular weight excluding hydrogens is 399 g/mol. The number of aromatic nitrogens is 2. The maximum absolute atomic E-state index is 6.20. The molecule has 1 aromatic carbocycles. The fraction of sp³-hybridized carbons (Fsp3) is 0. The van der Waals surface area contributed by atoms with Crippen LogP contribution in [0.2, 0.25) is 5.15 Å². The van der Waals surface area contributed by atoms with Crippen LogP contribution in [0.25, 0.3) is 22.3 Å². The van der Waals surface area contributed by atoms with Gasteiger partial charge in [0.15, 0.2) is 5.82 Å². The average Bonchev–Trinajstić information content (AvgIpc) is 2.68. The molecule has 0 spiro atoms. The topological polar surface area (TPSA) is 25.8 Å². The van der Waals surface area contributed by atoms with Gasteiger partial charge < -0.3 is 0 Å². The van der Waals surface area contributed by atoms with Crippen molar-refractivity contribution < 1.29 is 0 Å². The minimum absolute atomic E-state index is 0.477. The van der Waals surface area contributed by atoms with E-state index in [-0.39, 0.29) is 0 Å². The first-order valence-electron chi connectivity index (χ1n) is 5.02. The molecule has 18 heavy (non-hydrogen) atoms. The summed E-state index contributed by atoms with van der Waals surface area (Å²) in [5, 5.41) is 1.35. The Morgan fingerprint density at radius 2 is 1.89 bits per heavy atom. The van der Waals surface area contributed by atoms with Crippen LogP contribution in [0.3, 0.4) is 0 Å². The summed E-state index contributed by atoms with van der Waals surface area (Å²) in [6.45, 7) is 0. The van der Waals surface area contributed by atoms with Crippen molar-refractivity contribution >= 4 is 65.7 Å². The van der Waals surface area contributed by atoms with Crippen molar-refractivity contribution in [2.75, 3.05) is 0 Å². The quantitative estimate of drug-likeness (QED) is 0.498. The second kappa shape index (κ2) is 4.89. The van der Waals surface area contributed by atoms with E-state index in [0.717, 1.165) is 24.0 Å². The van der Waals surface area contributed by atoms with Crippen LogP contribution in [-0.2, 0) is 0 Å². The first kappa shape index (κ1) is 12.5. The summed E-state index contributed by atoms with van der Waals surface area (Å²) in [5.74, 6) is 0.632. The molecule has 0 bridgehead atoms. The van der Waals surface area contributed by atoms with E-state index in [1.54, 1.807) is 11.3 Å². The molecule has 0 saturated carbocycles. The van der Waals surface area contributed by atoms with Gasteiger partial charge in [-0.1, -0.05) is 23.7 Å². The third-order valence-corrected chi connectivity index (χ3v) is 5.08. The number of rotatable bonds is 1. The Labute approximate surface area is 129 Å². The molecule has 2 aromatic heterocycles. The van der Waals surface area contributed by atoms with Gasteiger partial charge in [-0.05, 0) is 50.1 Å². The first-order valence-corrected chi connectivity index (χ1v) is 7.80. The van der Waals surface area contributed by atoms with Gasteiger partial charge in [-0.2, -0.15) is 0 Å². The number of halogens is 3. The van der Waals surface area contributed by atoms with Gasteiger partial charge in [0.1, 0.15) is 5.15 Å². The molecule has 0 radical (unpaired) electrons. The Morgan fingerprint density at radius 1 is 1.11 bits per heavy atom. The molecule has 90 valence electrons. The number of para-hydroxylation sites is 1. The van der Waals surface area contributed by atoms with E-state index >= 15 is 0 Å². The molecule has 0 N–H and O–H groups in total. The third kappa shape index (κ3) is 2.20. The van der Waals surface area contributed by atoms with Crippen molar-refractivity contribution in [3.05, 3.63) is 43.1 Å².